The van der Waals surface area contributed by atoms with Crippen molar-refractivity contribution in [3.63, 3.8) is 0 Å². The summed E-state index contributed by atoms with van der Waals surface area (Å²) in [6.07, 6.45) is 2.67. The summed E-state index contributed by atoms with van der Waals surface area (Å²) in [6, 6.07) is 5.82. The van der Waals surface area contributed by atoms with E-state index in [0.29, 0.717) is 47.1 Å². The van der Waals surface area contributed by atoms with Crippen molar-refractivity contribution >= 4 is 27.5 Å². The van der Waals surface area contributed by atoms with Crippen LogP contribution in [-0.4, -0.2) is 52.0 Å². The molecular weight excluding hydrogens is 442 g/mol. The van der Waals surface area contributed by atoms with Crippen LogP contribution in [0.5, 0.6) is 11.8 Å². The van der Waals surface area contributed by atoms with Gasteiger partial charge in [-0.2, -0.15) is 9.97 Å². The number of anilines is 1. The van der Waals surface area contributed by atoms with E-state index >= 15 is 4.39 Å². The summed E-state index contributed by atoms with van der Waals surface area (Å²) in [5, 5.41) is 21.3. The fourth-order valence-electron chi connectivity index (χ4n) is 4.75. The number of fused-ring (bicyclic) bond motifs is 2. The quantitative estimate of drug-likeness (QED) is 0.455. The number of aryl methyl sites for hydroxylation is 1. The van der Waals surface area contributed by atoms with Gasteiger partial charge in [0, 0.05) is 37.4 Å². The Kier molecular flexibility index (Phi) is 5.65. The topological polar surface area (TPSA) is 91.6 Å². The molecule has 9 heteroatoms. The second-order valence-electron chi connectivity index (χ2n) is 8.47. The number of aliphatic hydroxyl groups is 1. The molecule has 5 rings (SSSR count). The highest BCUT2D eigenvalue weighted by Crippen LogP contribution is 2.39. The highest BCUT2D eigenvalue weighted by molar-refractivity contribution is 6.01. The molecule has 1 fully saturated rings. The normalized spacial score (nSPS) is 16.0. The van der Waals surface area contributed by atoms with Gasteiger partial charge in [-0.25, -0.2) is 8.78 Å². The number of nitrogens with zero attached hydrogens (tertiary/aromatic N) is 4. The molecule has 176 valence electrons. The number of hydrogen-bond donors (Lipinski definition) is 2. The molecule has 0 spiro atoms. The summed E-state index contributed by atoms with van der Waals surface area (Å²) in [5.74, 6) is -0.603. The Morgan fingerprint density at radius 1 is 1.21 bits per heavy atom. The molecule has 1 unspecified atom stereocenters. The van der Waals surface area contributed by atoms with E-state index in [2.05, 4.69) is 15.0 Å². The predicted octanol–water partition coefficient (Wildman–Crippen LogP) is 4.22. The molecule has 7 nitrogen and oxygen atoms in total. The van der Waals surface area contributed by atoms with Gasteiger partial charge >= 0.3 is 6.01 Å². The van der Waals surface area contributed by atoms with Crippen LogP contribution in [0.3, 0.4) is 0 Å². The Morgan fingerprint density at radius 2 is 2.03 bits per heavy atom. The number of phenols is 1. The first-order valence-corrected chi connectivity index (χ1v) is 11.2. The molecule has 1 atom stereocenters. The fourth-order valence-corrected chi connectivity index (χ4v) is 4.75. The van der Waals surface area contributed by atoms with E-state index in [4.69, 9.17) is 4.74 Å². The van der Waals surface area contributed by atoms with Gasteiger partial charge in [0.25, 0.3) is 0 Å². The van der Waals surface area contributed by atoms with Crippen molar-refractivity contribution < 1.29 is 23.7 Å². The highest BCUT2D eigenvalue weighted by Gasteiger charge is 2.27. The average molecular weight is 466 g/mol. The van der Waals surface area contributed by atoms with E-state index in [1.54, 1.807) is 6.07 Å². The van der Waals surface area contributed by atoms with Gasteiger partial charge < -0.3 is 19.8 Å². The van der Waals surface area contributed by atoms with E-state index < -0.39 is 11.6 Å². The van der Waals surface area contributed by atoms with Crippen LogP contribution < -0.4 is 9.64 Å². The molecule has 1 aliphatic heterocycles. The van der Waals surface area contributed by atoms with Crippen LogP contribution in [0.4, 0.5) is 14.6 Å². The molecule has 2 aromatic carbocycles. The number of aliphatic hydroxyl groups excluding tert-OH is 1. The minimum absolute atomic E-state index is 0.00653. The lowest BCUT2D eigenvalue weighted by atomic mass is 9.94. The summed E-state index contributed by atoms with van der Waals surface area (Å²) < 4.78 is 35.9. The average Bonchev–Trinajstić information content (AvgIpc) is 3.33. The lowest BCUT2D eigenvalue weighted by Crippen LogP contribution is -2.22. The fraction of sp³-hybridized carbons (Fsp3) is 0.320. The zero-order valence-electron chi connectivity index (χ0n) is 18.8. The van der Waals surface area contributed by atoms with E-state index in [1.165, 1.54) is 31.5 Å². The first-order valence-electron chi connectivity index (χ1n) is 11.2. The van der Waals surface area contributed by atoms with Crippen molar-refractivity contribution in [2.45, 2.75) is 19.8 Å². The third kappa shape index (κ3) is 3.56. The third-order valence-corrected chi connectivity index (χ3v) is 6.43. The number of benzene rings is 2. The number of phenolic OH excluding ortho intramolecular Hbond substituents is 1. The maximum absolute atomic E-state index is 16.0. The molecule has 0 amide bonds. The van der Waals surface area contributed by atoms with Crippen molar-refractivity contribution in [1.82, 2.24) is 15.0 Å². The van der Waals surface area contributed by atoms with Gasteiger partial charge in [0.05, 0.1) is 12.5 Å². The number of aromatic hydroxyl groups is 1. The molecule has 3 heterocycles. The summed E-state index contributed by atoms with van der Waals surface area (Å²) >= 11 is 0. The molecular formula is C25H24F2N4O3. The largest absolute Gasteiger partial charge is 0.508 e. The van der Waals surface area contributed by atoms with E-state index in [9.17, 15) is 14.6 Å². The van der Waals surface area contributed by atoms with Crippen molar-refractivity contribution in [3.05, 3.63) is 47.7 Å². The molecule has 4 aromatic rings. The van der Waals surface area contributed by atoms with Crippen LogP contribution in [0.25, 0.3) is 32.9 Å². The Hall–Kier alpha value is -3.59. The number of hydrogen-bond acceptors (Lipinski definition) is 7. The first-order chi connectivity index (χ1) is 16.4. The molecule has 0 radical (unpaired) electrons. The molecule has 0 bridgehead atoms. The Labute approximate surface area is 194 Å². The van der Waals surface area contributed by atoms with Gasteiger partial charge in [-0.05, 0) is 47.4 Å². The van der Waals surface area contributed by atoms with Gasteiger partial charge in [-0.1, -0.05) is 13.0 Å². The molecule has 2 aromatic heterocycles. The van der Waals surface area contributed by atoms with E-state index in [1.807, 2.05) is 11.8 Å². The molecule has 1 aliphatic rings. The van der Waals surface area contributed by atoms with Crippen molar-refractivity contribution in [1.29, 1.82) is 0 Å². The molecule has 1 saturated heterocycles. The number of rotatable bonds is 5. The van der Waals surface area contributed by atoms with Gasteiger partial charge in [-0.3, -0.25) is 4.98 Å². The monoisotopic (exact) mass is 466 g/mol. The minimum Gasteiger partial charge on any atom is -0.508 e. The van der Waals surface area contributed by atoms with E-state index in [0.717, 1.165) is 6.42 Å². The van der Waals surface area contributed by atoms with E-state index in [-0.39, 0.29) is 41.1 Å². The maximum Gasteiger partial charge on any atom is 0.318 e. The summed E-state index contributed by atoms with van der Waals surface area (Å²) in [5.41, 5.74) is 0.675. The zero-order chi connectivity index (χ0) is 24.0. The summed E-state index contributed by atoms with van der Waals surface area (Å²) in [6.45, 7) is 3.11. The standard InChI is InChI=1S/C25H24F2N4O3/c1-3-16-19(26)5-4-14-8-15(33)9-17(20(14)16)22-21(27)23-18(10-28-22)24(30-25(29-23)34-2)31-7-6-13(11-31)12-32/h4-5,8-10,13,32-33H,3,6-7,11-12H2,1-2H3. The Balaban J connectivity index is 1.77. The maximum atomic E-state index is 16.0. The predicted molar refractivity (Wildman–Crippen MR) is 125 cm³/mol. The van der Waals surface area contributed by atoms with Gasteiger partial charge in [0.2, 0.25) is 0 Å². The number of aromatic nitrogens is 3. The van der Waals surface area contributed by atoms with Gasteiger partial charge in [0.15, 0.2) is 5.82 Å². The summed E-state index contributed by atoms with van der Waals surface area (Å²) in [4.78, 5) is 15.0. The minimum atomic E-state index is -0.712. The Bertz CT molecular complexity index is 1410. The zero-order valence-corrected chi connectivity index (χ0v) is 18.8. The number of ether oxygens (including phenoxy) is 1. The smallest absolute Gasteiger partial charge is 0.318 e. The molecule has 34 heavy (non-hydrogen) atoms. The SMILES string of the molecule is CCc1c(F)ccc2cc(O)cc(-c3ncc4c(N5CCC(CO)C5)nc(OC)nc4c3F)c12. The van der Waals surface area contributed by atoms with Crippen LogP contribution >= 0.6 is 0 Å². The highest BCUT2D eigenvalue weighted by atomic mass is 19.1. The van der Waals surface area contributed by atoms with Crippen LogP contribution in [0, 0.1) is 17.6 Å². The van der Waals surface area contributed by atoms with Gasteiger partial charge in [0.1, 0.15) is 28.6 Å². The molecule has 2 N–H and O–H groups in total. The lowest BCUT2D eigenvalue weighted by molar-refractivity contribution is 0.238. The van der Waals surface area contributed by atoms with Crippen LogP contribution in [0.2, 0.25) is 0 Å². The number of methoxy groups -OCH3 is 1. The van der Waals surface area contributed by atoms with Gasteiger partial charge in [-0.15, -0.1) is 0 Å². The number of halogens is 2. The lowest BCUT2D eigenvalue weighted by Gasteiger charge is -2.20. The molecule has 0 aliphatic carbocycles. The van der Waals surface area contributed by atoms with Crippen LogP contribution in [0.15, 0.2) is 30.5 Å². The molecule has 0 saturated carbocycles. The summed E-state index contributed by atoms with van der Waals surface area (Å²) in [7, 11) is 1.41. The Morgan fingerprint density at radius 3 is 2.74 bits per heavy atom. The van der Waals surface area contributed by atoms with Crippen LogP contribution in [-0.2, 0) is 6.42 Å². The number of pyridine rings is 1. The van der Waals surface area contributed by atoms with Crippen molar-refractivity contribution in [2.75, 3.05) is 31.7 Å². The second kappa shape index (κ2) is 8.64. The second-order valence-corrected chi connectivity index (χ2v) is 8.47. The first kappa shape index (κ1) is 22.2. The van der Waals surface area contributed by atoms with Crippen LogP contribution in [0.1, 0.15) is 18.9 Å². The van der Waals surface area contributed by atoms with Crippen molar-refractivity contribution in [3.8, 4) is 23.0 Å². The van der Waals surface area contributed by atoms with Crippen molar-refractivity contribution in [2.24, 2.45) is 5.92 Å². The third-order valence-electron chi connectivity index (χ3n) is 6.43.